The number of carbonyl (C=O) groups is 2. The number of carbonyl (C=O) groups excluding carboxylic acids is 2. The van der Waals surface area contributed by atoms with E-state index in [2.05, 4.69) is 9.97 Å². The fraction of sp³-hybridized carbons (Fsp3) is 0.550. The first-order valence-corrected chi connectivity index (χ1v) is 9.32. The van der Waals surface area contributed by atoms with Crippen LogP contribution in [-0.4, -0.2) is 51.5 Å². The van der Waals surface area contributed by atoms with Crippen LogP contribution in [0.3, 0.4) is 0 Å². The molecule has 2 aromatic heterocycles. The van der Waals surface area contributed by atoms with Gasteiger partial charge in [-0.05, 0) is 29.5 Å². The van der Waals surface area contributed by atoms with Crippen LogP contribution in [0.1, 0.15) is 39.7 Å². The summed E-state index contributed by atoms with van der Waals surface area (Å²) in [6.07, 6.45) is 4.51. The molecule has 27 heavy (non-hydrogen) atoms. The second-order valence-corrected chi connectivity index (χ2v) is 8.30. The van der Waals surface area contributed by atoms with Crippen molar-refractivity contribution in [3.8, 4) is 0 Å². The van der Waals surface area contributed by atoms with Crippen LogP contribution in [-0.2, 0) is 20.7 Å². The molecule has 0 spiro atoms. The smallest absolute Gasteiger partial charge is 0.302 e. The first-order chi connectivity index (χ1) is 12.7. The van der Waals surface area contributed by atoms with E-state index in [1.807, 2.05) is 39.1 Å². The van der Waals surface area contributed by atoms with Crippen molar-refractivity contribution in [2.45, 2.75) is 58.7 Å². The number of esters is 1. The summed E-state index contributed by atoms with van der Waals surface area (Å²) in [5.74, 6) is -0.430. The third-order valence-corrected chi connectivity index (χ3v) is 5.25. The summed E-state index contributed by atoms with van der Waals surface area (Å²) in [6, 6.07) is 3.03. The van der Waals surface area contributed by atoms with E-state index in [1.165, 1.54) is 6.92 Å². The molecule has 3 rings (SSSR count). The van der Waals surface area contributed by atoms with Crippen molar-refractivity contribution >= 4 is 22.9 Å². The normalized spacial score (nSPS) is 21.4. The Kier molecular flexibility index (Phi) is 5.24. The standard InChI is InChI=1S/C20H28N4O3/c1-12(25)27-16-7-9-24(19(26)17(21)20(2,3)4)15(16)10-13-11-23-18-14(13)6-5-8-22-18/h5-6,8,11,15-17H,7,9-10,21H2,1-4H3,(H,22,23). The molecule has 1 amide bonds. The number of likely N-dealkylation sites (tertiary alicyclic amines) is 1. The zero-order valence-electron chi connectivity index (χ0n) is 16.4. The van der Waals surface area contributed by atoms with Crippen molar-refractivity contribution in [3.63, 3.8) is 0 Å². The zero-order valence-corrected chi connectivity index (χ0v) is 16.4. The Hall–Kier alpha value is -2.41. The van der Waals surface area contributed by atoms with Crippen LogP contribution in [0.2, 0.25) is 0 Å². The third-order valence-electron chi connectivity index (χ3n) is 5.25. The van der Waals surface area contributed by atoms with Gasteiger partial charge in [0.05, 0.1) is 12.1 Å². The van der Waals surface area contributed by atoms with E-state index in [9.17, 15) is 9.59 Å². The largest absolute Gasteiger partial charge is 0.460 e. The van der Waals surface area contributed by atoms with Gasteiger partial charge in [-0.25, -0.2) is 4.98 Å². The predicted octanol–water partition coefficient (Wildman–Crippen LogP) is 2.01. The minimum atomic E-state index is -0.610. The summed E-state index contributed by atoms with van der Waals surface area (Å²) < 4.78 is 5.53. The lowest BCUT2D eigenvalue weighted by atomic mass is 9.86. The Bertz CT molecular complexity index is 839. The van der Waals surface area contributed by atoms with Crippen LogP contribution < -0.4 is 5.73 Å². The first-order valence-electron chi connectivity index (χ1n) is 9.32. The van der Waals surface area contributed by atoms with Crippen molar-refractivity contribution < 1.29 is 14.3 Å². The van der Waals surface area contributed by atoms with Gasteiger partial charge in [-0.2, -0.15) is 0 Å². The van der Waals surface area contributed by atoms with Gasteiger partial charge in [-0.15, -0.1) is 0 Å². The number of aromatic nitrogens is 2. The van der Waals surface area contributed by atoms with Gasteiger partial charge in [0.1, 0.15) is 11.8 Å². The number of fused-ring (bicyclic) bond motifs is 1. The van der Waals surface area contributed by atoms with Gasteiger partial charge in [0.15, 0.2) is 0 Å². The highest BCUT2D eigenvalue weighted by molar-refractivity contribution is 5.84. The van der Waals surface area contributed by atoms with Crippen LogP contribution in [0.5, 0.6) is 0 Å². The minimum Gasteiger partial charge on any atom is -0.460 e. The van der Waals surface area contributed by atoms with Gasteiger partial charge in [0.2, 0.25) is 5.91 Å². The fourth-order valence-corrected chi connectivity index (χ4v) is 3.65. The molecular weight excluding hydrogens is 344 g/mol. The second kappa shape index (κ2) is 7.31. The van der Waals surface area contributed by atoms with E-state index < -0.39 is 6.04 Å². The number of hydrogen-bond donors (Lipinski definition) is 2. The van der Waals surface area contributed by atoms with E-state index in [1.54, 1.807) is 11.1 Å². The highest BCUT2D eigenvalue weighted by atomic mass is 16.5. The average molecular weight is 372 g/mol. The minimum absolute atomic E-state index is 0.0971. The fourth-order valence-electron chi connectivity index (χ4n) is 3.65. The maximum Gasteiger partial charge on any atom is 0.302 e. The van der Waals surface area contributed by atoms with Crippen molar-refractivity contribution in [1.29, 1.82) is 0 Å². The number of rotatable bonds is 4. The third kappa shape index (κ3) is 3.98. The van der Waals surface area contributed by atoms with Crippen molar-refractivity contribution in [1.82, 2.24) is 14.9 Å². The molecule has 0 aliphatic carbocycles. The summed E-state index contributed by atoms with van der Waals surface area (Å²) >= 11 is 0. The van der Waals surface area contributed by atoms with Crippen LogP contribution >= 0.6 is 0 Å². The summed E-state index contributed by atoms with van der Waals surface area (Å²) in [5, 5.41) is 1.01. The van der Waals surface area contributed by atoms with E-state index in [-0.39, 0.29) is 29.4 Å². The summed E-state index contributed by atoms with van der Waals surface area (Å²) in [7, 11) is 0. The molecule has 2 aromatic rings. The lowest BCUT2D eigenvalue weighted by Crippen LogP contribution is -2.53. The zero-order chi connectivity index (χ0) is 19.8. The SMILES string of the molecule is CC(=O)OC1CCN(C(=O)C(N)C(C)(C)C)C1Cc1c[nH]c2ncccc12. The molecule has 146 valence electrons. The van der Waals surface area contributed by atoms with Crippen LogP contribution in [0, 0.1) is 5.41 Å². The lowest BCUT2D eigenvalue weighted by molar-refractivity contribution is -0.149. The van der Waals surface area contributed by atoms with Crippen LogP contribution in [0.15, 0.2) is 24.5 Å². The van der Waals surface area contributed by atoms with Gasteiger partial charge in [0.25, 0.3) is 0 Å². The molecule has 3 unspecified atom stereocenters. The van der Waals surface area contributed by atoms with E-state index in [0.29, 0.717) is 19.4 Å². The molecule has 7 nitrogen and oxygen atoms in total. The molecule has 0 radical (unpaired) electrons. The number of pyridine rings is 1. The number of amides is 1. The highest BCUT2D eigenvalue weighted by Gasteiger charge is 2.42. The number of nitrogens with zero attached hydrogens (tertiary/aromatic N) is 2. The topological polar surface area (TPSA) is 101 Å². The highest BCUT2D eigenvalue weighted by Crippen LogP contribution is 2.30. The van der Waals surface area contributed by atoms with Gasteiger partial charge in [-0.3, -0.25) is 9.59 Å². The molecule has 7 heteroatoms. The van der Waals surface area contributed by atoms with E-state index in [0.717, 1.165) is 16.6 Å². The number of H-pyrrole nitrogens is 1. The molecule has 3 N–H and O–H groups in total. The molecule has 0 bridgehead atoms. The number of nitrogens with one attached hydrogen (secondary N) is 1. The maximum absolute atomic E-state index is 13.1. The Morgan fingerprint density at radius 1 is 1.44 bits per heavy atom. The average Bonchev–Trinajstić information content (AvgIpc) is 3.18. The number of ether oxygens (including phenoxy) is 1. The molecular formula is C20H28N4O3. The second-order valence-electron chi connectivity index (χ2n) is 8.30. The summed E-state index contributed by atoms with van der Waals surface area (Å²) in [5.41, 5.74) is 7.74. The molecule has 0 aromatic carbocycles. The number of aromatic amines is 1. The van der Waals surface area contributed by atoms with Gasteiger partial charge >= 0.3 is 5.97 Å². The molecule has 1 fully saturated rings. The van der Waals surface area contributed by atoms with Crippen molar-refractivity contribution in [2.75, 3.05) is 6.54 Å². The molecule has 1 aliphatic rings. The van der Waals surface area contributed by atoms with Crippen molar-refractivity contribution in [3.05, 3.63) is 30.1 Å². The van der Waals surface area contributed by atoms with Crippen LogP contribution in [0.25, 0.3) is 11.0 Å². The molecule has 1 aliphatic heterocycles. The Morgan fingerprint density at radius 3 is 2.85 bits per heavy atom. The molecule has 1 saturated heterocycles. The number of nitrogens with two attached hydrogens (primary N) is 1. The molecule has 3 heterocycles. The lowest BCUT2D eigenvalue weighted by Gasteiger charge is -2.34. The summed E-state index contributed by atoms with van der Waals surface area (Å²) in [6.45, 7) is 7.80. The Balaban J connectivity index is 1.89. The number of hydrogen-bond acceptors (Lipinski definition) is 5. The predicted molar refractivity (Wildman–Crippen MR) is 103 cm³/mol. The molecule has 0 saturated carbocycles. The van der Waals surface area contributed by atoms with Gasteiger partial charge in [-0.1, -0.05) is 20.8 Å². The maximum atomic E-state index is 13.1. The van der Waals surface area contributed by atoms with Gasteiger partial charge < -0.3 is 20.4 Å². The summed E-state index contributed by atoms with van der Waals surface area (Å²) in [4.78, 5) is 33.9. The monoisotopic (exact) mass is 372 g/mol. The van der Waals surface area contributed by atoms with E-state index >= 15 is 0 Å². The Morgan fingerprint density at radius 2 is 2.19 bits per heavy atom. The molecule has 3 atom stereocenters. The van der Waals surface area contributed by atoms with Gasteiger partial charge in [0, 0.05) is 37.7 Å². The quantitative estimate of drug-likeness (QED) is 0.800. The van der Waals surface area contributed by atoms with Crippen molar-refractivity contribution in [2.24, 2.45) is 11.1 Å². The first kappa shape index (κ1) is 19.4. The Labute approximate surface area is 159 Å². The van der Waals surface area contributed by atoms with Crippen LogP contribution in [0.4, 0.5) is 0 Å². The van der Waals surface area contributed by atoms with E-state index in [4.69, 9.17) is 10.5 Å².